The molecule has 0 aliphatic heterocycles. The van der Waals surface area contributed by atoms with Crippen molar-refractivity contribution in [3.8, 4) is 0 Å². The lowest BCUT2D eigenvalue weighted by Crippen LogP contribution is -2.24. The van der Waals surface area contributed by atoms with Crippen LogP contribution >= 0.6 is 0 Å². The van der Waals surface area contributed by atoms with Gasteiger partial charge < -0.3 is 4.74 Å². The second-order valence-corrected chi connectivity index (χ2v) is 4.10. The quantitative estimate of drug-likeness (QED) is 0.443. The Morgan fingerprint density at radius 3 is 2.50 bits per heavy atom. The Morgan fingerprint density at radius 1 is 1.29 bits per heavy atom. The van der Waals surface area contributed by atoms with Crippen molar-refractivity contribution in [2.24, 2.45) is 0 Å². The second-order valence-electron chi connectivity index (χ2n) is 2.45. The summed E-state index contributed by atoms with van der Waals surface area (Å²) in [5.74, 6) is 0. The maximum Gasteiger partial charge on any atom is 0.262 e. The number of hydrogen-bond acceptors (Lipinski definition) is 4. The van der Waals surface area contributed by atoms with Crippen LogP contribution in [0.15, 0.2) is 35.2 Å². The highest BCUT2D eigenvalue weighted by atomic mass is 32.2. The summed E-state index contributed by atoms with van der Waals surface area (Å²) in [5.41, 5.74) is 0. The third-order valence-corrected chi connectivity index (χ3v) is 2.63. The van der Waals surface area contributed by atoms with Crippen LogP contribution in [-0.4, -0.2) is 22.3 Å². The third kappa shape index (κ3) is 3.08. The zero-order valence-electron chi connectivity index (χ0n) is 7.64. The first kappa shape index (κ1) is 11.1. The van der Waals surface area contributed by atoms with E-state index in [1.54, 1.807) is 18.2 Å². The zero-order chi connectivity index (χ0) is 10.4. The Kier molecular flexibility index (Phi) is 4.02. The molecular formula is C8H11NO4S. The number of ether oxygens (including phenoxy) is 1. The van der Waals surface area contributed by atoms with E-state index in [9.17, 15) is 8.42 Å². The van der Waals surface area contributed by atoms with Gasteiger partial charge in [0.25, 0.3) is 10.0 Å². The van der Waals surface area contributed by atoms with E-state index in [0.717, 1.165) is 0 Å². The van der Waals surface area contributed by atoms with Crippen LogP contribution in [0.1, 0.15) is 0 Å². The highest BCUT2D eigenvalue weighted by Crippen LogP contribution is 2.06. The predicted molar refractivity (Wildman–Crippen MR) is 49.7 cm³/mol. The van der Waals surface area contributed by atoms with Crippen LogP contribution in [0.25, 0.3) is 0 Å². The van der Waals surface area contributed by atoms with Gasteiger partial charge in [0.15, 0.2) is 6.79 Å². The molecule has 1 aromatic rings. The molecule has 0 amide bonds. The monoisotopic (exact) mass is 217 g/mol. The van der Waals surface area contributed by atoms with Crippen LogP contribution in [0.5, 0.6) is 0 Å². The molecule has 5 nitrogen and oxygen atoms in total. The molecule has 0 bridgehead atoms. The molecule has 0 saturated heterocycles. The zero-order valence-corrected chi connectivity index (χ0v) is 8.45. The van der Waals surface area contributed by atoms with E-state index < -0.39 is 10.0 Å². The van der Waals surface area contributed by atoms with E-state index in [1.807, 2.05) is 4.89 Å². The predicted octanol–water partition coefficient (Wildman–Crippen LogP) is 0.500. The molecule has 1 rings (SSSR count). The Labute approximate surface area is 82.7 Å². The molecule has 0 radical (unpaired) electrons. The summed E-state index contributed by atoms with van der Waals surface area (Å²) < 4.78 is 27.4. The van der Waals surface area contributed by atoms with Gasteiger partial charge in [0, 0.05) is 7.11 Å². The van der Waals surface area contributed by atoms with Crippen LogP contribution in [-0.2, 0) is 19.6 Å². The lowest BCUT2D eigenvalue weighted by atomic mass is 10.4. The van der Waals surface area contributed by atoms with Gasteiger partial charge in [-0.1, -0.05) is 23.1 Å². The molecule has 0 heterocycles. The topological polar surface area (TPSA) is 64.6 Å². The fourth-order valence-electron chi connectivity index (χ4n) is 0.808. The van der Waals surface area contributed by atoms with E-state index in [1.165, 1.54) is 19.2 Å². The summed E-state index contributed by atoms with van der Waals surface area (Å²) in [4.78, 5) is 6.61. The van der Waals surface area contributed by atoms with Crippen molar-refractivity contribution in [3.63, 3.8) is 0 Å². The minimum absolute atomic E-state index is 0.133. The van der Waals surface area contributed by atoms with Crippen molar-refractivity contribution < 1.29 is 18.0 Å². The summed E-state index contributed by atoms with van der Waals surface area (Å²) in [6.07, 6.45) is 0. The lowest BCUT2D eigenvalue weighted by molar-refractivity contribution is -0.0540. The molecule has 0 atom stereocenters. The average Bonchev–Trinajstić information content (AvgIpc) is 2.19. The van der Waals surface area contributed by atoms with Gasteiger partial charge >= 0.3 is 0 Å². The number of hydrogen-bond donors (Lipinski definition) is 1. The van der Waals surface area contributed by atoms with Gasteiger partial charge in [-0.05, 0) is 12.1 Å². The SMILES string of the molecule is COCONS(=O)(=O)c1ccccc1. The minimum Gasteiger partial charge on any atom is -0.357 e. The molecule has 0 saturated carbocycles. The molecule has 1 aromatic carbocycles. The van der Waals surface area contributed by atoms with Gasteiger partial charge in [-0.15, -0.1) is 0 Å². The number of rotatable bonds is 5. The standard InChI is InChI=1S/C8H11NO4S/c1-12-7-13-9-14(10,11)8-5-3-2-4-6-8/h2-6,9H,7H2,1H3. The van der Waals surface area contributed by atoms with Crippen molar-refractivity contribution >= 4 is 10.0 Å². The fraction of sp³-hybridized carbons (Fsp3) is 0.250. The maximum absolute atomic E-state index is 11.4. The largest absolute Gasteiger partial charge is 0.357 e. The smallest absolute Gasteiger partial charge is 0.262 e. The van der Waals surface area contributed by atoms with Gasteiger partial charge in [0.2, 0.25) is 0 Å². The third-order valence-electron chi connectivity index (χ3n) is 1.40. The van der Waals surface area contributed by atoms with Crippen LogP contribution < -0.4 is 4.89 Å². The fourth-order valence-corrected chi connectivity index (χ4v) is 1.62. The molecule has 0 fully saturated rings. The summed E-state index contributed by atoms with van der Waals surface area (Å²) >= 11 is 0. The van der Waals surface area contributed by atoms with Crippen LogP contribution in [0.3, 0.4) is 0 Å². The number of nitrogens with one attached hydrogen (secondary N) is 1. The highest BCUT2D eigenvalue weighted by molar-refractivity contribution is 7.89. The van der Waals surface area contributed by atoms with Gasteiger partial charge in [0.1, 0.15) is 0 Å². The second kappa shape index (κ2) is 5.06. The van der Waals surface area contributed by atoms with Crippen molar-refractivity contribution in [2.45, 2.75) is 4.90 Å². The summed E-state index contributed by atoms with van der Waals surface area (Å²) in [7, 11) is -2.19. The molecule has 14 heavy (non-hydrogen) atoms. The van der Waals surface area contributed by atoms with Crippen molar-refractivity contribution in [1.82, 2.24) is 4.89 Å². The summed E-state index contributed by atoms with van der Waals surface area (Å²) in [6.45, 7) is -0.133. The molecule has 6 heteroatoms. The average molecular weight is 217 g/mol. The summed E-state index contributed by atoms with van der Waals surface area (Å²) in [6, 6.07) is 7.93. The van der Waals surface area contributed by atoms with Crippen molar-refractivity contribution in [3.05, 3.63) is 30.3 Å². The molecular weight excluding hydrogens is 206 g/mol. The molecule has 1 N–H and O–H groups in total. The molecule has 0 spiro atoms. The Bertz CT molecular complexity index is 362. The van der Waals surface area contributed by atoms with Crippen LogP contribution in [0.4, 0.5) is 0 Å². The Morgan fingerprint density at radius 2 is 1.93 bits per heavy atom. The number of benzene rings is 1. The molecule has 0 aromatic heterocycles. The maximum atomic E-state index is 11.4. The van der Waals surface area contributed by atoms with E-state index in [-0.39, 0.29) is 11.7 Å². The normalized spacial score (nSPS) is 11.5. The molecule has 0 unspecified atom stereocenters. The van der Waals surface area contributed by atoms with E-state index >= 15 is 0 Å². The first-order chi connectivity index (χ1) is 6.67. The van der Waals surface area contributed by atoms with Gasteiger partial charge in [0.05, 0.1) is 4.90 Å². The van der Waals surface area contributed by atoms with Gasteiger partial charge in [-0.2, -0.15) is 0 Å². The minimum atomic E-state index is -3.58. The Hall–Kier alpha value is -0.950. The molecule has 0 aliphatic rings. The van der Waals surface area contributed by atoms with Crippen LogP contribution in [0.2, 0.25) is 0 Å². The van der Waals surface area contributed by atoms with Crippen LogP contribution in [0, 0.1) is 0 Å². The first-order valence-corrected chi connectivity index (χ1v) is 5.33. The van der Waals surface area contributed by atoms with Gasteiger partial charge in [-0.25, -0.2) is 8.42 Å². The lowest BCUT2D eigenvalue weighted by Gasteiger charge is -2.05. The van der Waals surface area contributed by atoms with E-state index in [2.05, 4.69) is 9.57 Å². The molecule has 0 aliphatic carbocycles. The van der Waals surface area contributed by atoms with E-state index in [0.29, 0.717) is 0 Å². The molecule has 78 valence electrons. The highest BCUT2D eigenvalue weighted by Gasteiger charge is 2.12. The van der Waals surface area contributed by atoms with Crippen molar-refractivity contribution in [1.29, 1.82) is 0 Å². The van der Waals surface area contributed by atoms with Crippen molar-refractivity contribution in [2.75, 3.05) is 13.9 Å². The summed E-state index contributed by atoms with van der Waals surface area (Å²) in [5, 5.41) is 0. The number of sulfonamides is 1. The van der Waals surface area contributed by atoms with E-state index in [4.69, 9.17) is 0 Å². The first-order valence-electron chi connectivity index (χ1n) is 3.84. The Balaban J connectivity index is 2.67. The number of methoxy groups -OCH3 is 1. The van der Waals surface area contributed by atoms with Gasteiger partial charge in [-0.3, -0.25) is 4.84 Å².